The van der Waals surface area contributed by atoms with Crippen LogP contribution in [-0.4, -0.2) is 40.1 Å². The Morgan fingerprint density at radius 2 is 2.50 bits per heavy atom. The van der Waals surface area contributed by atoms with E-state index in [4.69, 9.17) is 0 Å². The van der Waals surface area contributed by atoms with Crippen LogP contribution < -0.4 is 5.32 Å². The second kappa shape index (κ2) is 5.46. The highest BCUT2D eigenvalue weighted by Crippen LogP contribution is 2.09. The lowest BCUT2D eigenvalue weighted by Crippen LogP contribution is -2.37. The first-order valence-electron chi connectivity index (χ1n) is 6.20. The predicted molar refractivity (Wildman–Crippen MR) is 65.2 cm³/mol. The molecule has 1 aromatic rings. The van der Waals surface area contributed by atoms with E-state index in [9.17, 15) is 0 Å². The summed E-state index contributed by atoms with van der Waals surface area (Å²) in [5.41, 5.74) is 1.29. The largest absolute Gasteiger partial charge is 0.337 e. The molecule has 16 heavy (non-hydrogen) atoms. The van der Waals surface area contributed by atoms with Gasteiger partial charge in [0.15, 0.2) is 0 Å². The molecule has 1 atom stereocenters. The van der Waals surface area contributed by atoms with Crippen LogP contribution in [0.5, 0.6) is 0 Å². The molecule has 90 valence electrons. The Morgan fingerprint density at radius 3 is 3.06 bits per heavy atom. The quantitative estimate of drug-likeness (QED) is 0.806. The smallest absolute Gasteiger partial charge is 0.0945 e. The maximum atomic E-state index is 4.16. The minimum atomic E-state index is 0.688. The highest BCUT2D eigenvalue weighted by atomic mass is 15.2. The first-order valence-corrected chi connectivity index (χ1v) is 6.20. The lowest BCUT2D eigenvalue weighted by molar-refractivity contribution is 0.248. The van der Waals surface area contributed by atoms with Gasteiger partial charge in [0.05, 0.1) is 12.0 Å². The third-order valence-electron chi connectivity index (χ3n) is 3.39. The van der Waals surface area contributed by atoms with Crippen LogP contribution in [0.1, 0.15) is 25.5 Å². The van der Waals surface area contributed by atoms with Crippen LogP contribution in [0.15, 0.2) is 12.5 Å². The highest BCUT2D eigenvalue weighted by Gasteiger charge is 2.17. The van der Waals surface area contributed by atoms with Crippen molar-refractivity contribution in [3.05, 3.63) is 18.2 Å². The van der Waals surface area contributed by atoms with Gasteiger partial charge in [-0.25, -0.2) is 4.98 Å². The van der Waals surface area contributed by atoms with Gasteiger partial charge in [0.1, 0.15) is 0 Å². The second-order valence-electron chi connectivity index (χ2n) is 4.62. The fourth-order valence-corrected chi connectivity index (χ4v) is 2.30. The van der Waals surface area contributed by atoms with Crippen LogP contribution in [0.4, 0.5) is 0 Å². The van der Waals surface area contributed by atoms with Crippen LogP contribution >= 0.6 is 0 Å². The van der Waals surface area contributed by atoms with Crippen molar-refractivity contribution in [2.75, 3.05) is 19.6 Å². The molecule has 1 aromatic heterocycles. The zero-order valence-electron chi connectivity index (χ0n) is 10.3. The summed E-state index contributed by atoms with van der Waals surface area (Å²) in [5.74, 6) is 0. The first kappa shape index (κ1) is 11.6. The number of aryl methyl sites for hydroxylation is 1. The average Bonchev–Trinajstić information content (AvgIpc) is 2.90. The minimum absolute atomic E-state index is 0.688. The van der Waals surface area contributed by atoms with Crippen molar-refractivity contribution in [2.24, 2.45) is 7.05 Å². The molecule has 0 aliphatic carbocycles. The Kier molecular flexibility index (Phi) is 3.96. The summed E-state index contributed by atoms with van der Waals surface area (Å²) >= 11 is 0. The van der Waals surface area contributed by atoms with Crippen molar-refractivity contribution in [1.29, 1.82) is 0 Å². The first-order chi connectivity index (χ1) is 7.79. The van der Waals surface area contributed by atoms with E-state index >= 15 is 0 Å². The van der Waals surface area contributed by atoms with Crippen molar-refractivity contribution in [3.8, 4) is 0 Å². The zero-order valence-corrected chi connectivity index (χ0v) is 10.3. The summed E-state index contributed by atoms with van der Waals surface area (Å²) in [6, 6.07) is 0.688. The molecule has 0 saturated carbocycles. The van der Waals surface area contributed by atoms with Gasteiger partial charge in [0.25, 0.3) is 0 Å². The summed E-state index contributed by atoms with van der Waals surface area (Å²) < 4.78 is 2.10. The van der Waals surface area contributed by atoms with Gasteiger partial charge in [-0.1, -0.05) is 6.92 Å². The van der Waals surface area contributed by atoms with Gasteiger partial charge in [-0.05, 0) is 25.9 Å². The number of imidazole rings is 1. The van der Waals surface area contributed by atoms with E-state index in [0.717, 1.165) is 19.6 Å². The number of nitrogens with zero attached hydrogens (tertiary/aromatic N) is 3. The van der Waals surface area contributed by atoms with E-state index in [1.54, 1.807) is 0 Å². The molecule has 0 spiro atoms. The Balaban J connectivity index is 1.87. The third kappa shape index (κ3) is 2.83. The van der Waals surface area contributed by atoms with Gasteiger partial charge in [0, 0.05) is 32.4 Å². The molecule has 0 radical (unpaired) electrons. The topological polar surface area (TPSA) is 33.1 Å². The molecule has 0 amide bonds. The van der Waals surface area contributed by atoms with Crippen molar-refractivity contribution >= 4 is 0 Å². The van der Waals surface area contributed by atoms with Crippen LogP contribution in [0, 0.1) is 0 Å². The Labute approximate surface area is 97.7 Å². The van der Waals surface area contributed by atoms with Gasteiger partial charge in [-0.3, -0.25) is 4.90 Å². The molecule has 2 rings (SSSR count). The molecular weight excluding hydrogens is 200 g/mol. The highest BCUT2D eigenvalue weighted by molar-refractivity contribution is 4.97. The lowest BCUT2D eigenvalue weighted by Gasteiger charge is -2.24. The van der Waals surface area contributed by atoms with Crippen LogP contribution in [0.2, 0.25) is 0 Å². The normalized spacial score (nSPS) is 20.8. The number of rotatable bonds is 5. The van der Waals surface area contributed by atoms with Gasteiger partial charge < -0.3 is 9.88 Å². The van der Waals surface area contributed by atoms with Gasteiger partial charge in [0.2, 0.25) is 0 Å². The second-order valence-corrected chi connectivity index (χ2v) is 4.62. The molecule has 0 aromatic carbocycles. The molecule has 1 fully saturated rings. The van der Waals surface area contributed by atoms with Crippen LogP contribution in [0.25, 0.3) is 0 Å². The number of aromatic nitrogens is 2. The Hall–Kier alpha value is -0.870. The maximum absolute atomic E-state index is 4.16. The van der Waals surface area contributed by atoms with Crippen molar-refractivity contribution in [1.82, 2.24) is 19.8 Å². The zero-order chi connectivity index (χ0) is 11.4. The van der Waals surface area contributed by atoms with E-state index in [-0.39, 0.29) is 0 Å². The summed E-state index contributed by atoms with van der Waals surface area (Å²) in [5, 5.41) is 3.55. The van der Waals surface area contributed by atoms with Crippen LogP contribution in [-0.2, 0) is 13.6 Å². The van der Waals surface area contributed by atoms with Crippen molar-refractivity contribution in [2.45, 2.75) is 32.4 Å². The molecular formula is C12H22N4. The molecule has 4 heteroatoms. The van der Waals surface area contributed by atoms with Gasteiger partial charge >= 0.3 is 0 Å². The Bertz CT molecular complexity index is 315. The van der Waals surface area contributed by atoms with E-state index in [1.807, 2.05) is 12.5 Å². The summed E-state index contributed by atoms with van der Waals surface area (Å²) in [6.07, 6.45) is 6.48. The number of hydrogen-bond acceptors (Lipinski definition) is 3. The van der Waals surface area contributed by atoms with E-state index < -0.39 is 0 Å². The lowest BCUT2D eigenvalue weighted by atomic mass is 10.2. The van der Waals surface area contributed by atoms with E-state index in [2.05, 4.69) is 33.7 Å². The predicted octanol–water partition coefficient (Wildman–Crippen LogP) is 0.994. The average molecular weight is 222 g/mol. The van der Waals surface area contributed by atoms with Crippen molar-refractivity contribution < 1.29 is 0 Å². The maximum Gasteiger partial charge on any atom is 0.0945 e. The van der Waals surface area contributed by atoms with Gasteiger partial charge in [-0.2, -0.15) is 0 Å². The van der Waals surface area contributed by atoms with E-state index in [1.165, 1.54) is 25.1 Å². The number of hydrogen-bond donors (Lipinski definition) is 1. The number of likely N-dealkylation sites (N-methyl/N-ethyl adjacent to an activating group) is 1. The van der Waals surface area contributed by atoms with Crippen LogP contribution in [0.3, 0.4) is 0 Å². The van der Waals surface area contributed by atoms with Crippen molar-refractivity contribution in [3.63, 3.8) is 0 Å². The SMILES string of the molecule is CCN(Cc1cncn1C)CC1CCCN1. The van der Waals surface area contributed by atoms with Gasteiger partial charge in [-0.15, -0.1) is 0 Å². The molecule has 0 bridgehead atoms. The number of nitrogens with one attached hydrogen (secondary N) is 1. The Morgan fingerprint density at radius 1 is 1.62 bits per heavy atom. The third-order valence-corrected chi connectivity index (χ3v) is 3.39. The standard InChI is InChI=1S/C12H22N4/c1-3-16(8-11-5-4-6-14-11)9-12-7-13-10-15(12)2/h7,10-11,14H,3-6,8-9H2,1-2H3. The molecule has 2 heterocycles. The summed E-state index contributed by atoms with van der Waals surface area (Å²) in [7, 11) is 2.06. The fourth-order valence-electron chi connectivity index (χ4n) is 2.30. The molecule has 1 N–H and O–H groups in total. The fraction of sp³-hybridized carbons (Fsp3) is 0.750. The molecule has 1 aliphatic rings. The molecule has 4 nitrogen and oxygen atoms in total. The van der Waals surface area contributed by atoms with E-state index in [0.29, 0.717) is 6.04 Å². The molecule has 1 saturated heterocycles. The minimum Gasteiger partial charge on any atom is -0.337 e. The molecule has 1 aliphatic heterocycles. The molecule has 1 unspecified atom stereocenters. The summed E-state index contributed by atoms with van der Waals surface area (Å²) in [6.45, 7) is 6.68. The summed E-state index contributed by atoms with van der Waals surface area (Å²) in [4.78, 5) is 6.65. The monoisotopic (exact) mass is 222 g/mol.